The van der Waals surface area contributed by atoms with Gasteiger partial charge in [0.05, 0.1) is 28.3 Å². The van der Waals surface area contributed by atoms with E-state index in [1.165, 1.54) is 11.8 Å². The minimum atomic E-state index is -0.455. The van der Waals surface area contributed by atoms with E-state index in [4.69, 9.17) is 11.6 Å². The normalized spacial score (nSPS) is 18.0. The van der Waals surface area contributed by atoms with Gasteiger partial charge in [-0.3, -0.25) is 9.59 Å². The molecular weight excluding hydrogens is 442 g/mol. The van der Waals surface area contributed by atoms with Crippen molar-refractivity contribution in [1.82, 2.24) is 5.32 Å². The van der Waals surface area contributed by atoms with Crippen LogP contribution in [0.1, 0.15) is 36.3 Å². The molecule has 4 rings (SSSR count). The van der Waals surface area contributed by atoms with E-state index in [0.717, 1.165) is 35.4 Å². The minimum Gasteiger partial charge on any atom is -0.352 e. The number of para-hydroxylation sites is 1. The molecule has 0 radical (unpaired) electrons. The van der Waals surface area contributed by atoms with Gasteiger partial charge in [0, 0.05) is 28.4 Å². The highest BCUT2D eigenvalue weighted by atomic mass is 35.5. The first-order valence-corrected chi connectivity index (χ1v) is 11.8. The number of hydrogen-bond donors (Lipinski definition) is 2. The van der Waals surface area contributed by atoms with Crippen LogP contribution in [-0.4, -0.2) is 17.4 Å². The summed E-state index contributed by atoms with van der Waals surface area (Å²) in [6, 6.07) is 17.1. The number of ketones is 1. The highest BCUT2D eigenvalue weighted by Gasteiger charge is 2.37. The maximum atomic E-state index is 12.8. The SMILES string of the molecule is Cc1ccccc1NC(=O)CSC1=C(C#N)[C@@H](c2ccc(Cl)cc2)C2=C(CCCC2=O)N1. The fourth-order valence-corrected chi connectivity index (χ4v) is 5.05. The Morgan fingerprint density at radius 3 is 2.69 bits per heavy atom. The lowest BCUT2D eigenvalue weighted by atomic mass is 9.77. The van der Waals surface area contributed by atoms with E-state index in [1.807, 2.05) is 43.3 Å². The number of Topliss-reactive ketones (excluding diaryl/α,β-unsaturated/α-hetero) is 1. The quantitative estimate of drug-likeness (QED) is 0.616. The Balaban J connectivity index is 1.62. The van der Waals surface area contributed by atoms with Crippen molar-refractivity contribution >= 4 is 40.7 Å². The van der Waals surface area contributed by atoms with E-state index in [-0.39, 0.29) is 17.4 Å². The van der Waals surface area contributed by atoms with Gasteiger partial charge in [-0.2, -0.15) is 5.26 Å². The zero-order valence-corrected chi connectivity index (χ0v) is 19.1. The van der Waals surface area contributed by atoms with Gasteiger partial charge in [-0.15, -0.1) is 0 Å². The number of hydrogen-bond acceptors (Lipinski definition) is 5. The summed E-state index contributed by atoms with van der Waals surface area (Å²) < 4.78 is 0. The molecule has 0 saturated carbocycles. The van der Waals surface area contributed by atoms with Crippen molar-refractivity contribution in [1.29, 1.82) is 5.26 Å². The molecule has 2 aromatic rings. The van der Waals surface area contributed by atoms with Gasteiger partial charge in [-0.25, -0.2) is 0 Å². The van der Waals surface area contributed by atoms with Crippen molar-refractivity contribution in [2.45, 2.75) is 32.1 Å². The molecule has 0 aromatic heterocycles. The molecule has 1 heterocycles. The molecule has 7 heteroatoms. The number of nitrogens with one attached hydrogen (secondary N) is 2. The maximum Gasteiger partial charge on any atom is 0.234 e. The Hall–Kier alpha value is -3.01. The molecule has 32 heavy (non-hydrogen) atoms. The lowest BCUT2D eigenvalue weighted by molar-refractivity contribution is -0.116. The fraction of sp³-hybridized carbons (Fsp3) is 0.240. The number of amides is 1. The van der Waals surface area contributed by atoms with Crippen LogP contribution in [0, 0.1) is 18.3 Å². The molecule has 2 aliphatic rings. The Bertz CT molecular complexity index is 1180. The van der Waals surface area contributed by atoms with E-state index in [1.54, 1.807) is 12.1 Å². The number of anilines is 1. The van der Waals surface area contributed by atoms with Crippen molar-refractivity contribution in [2.24, 2.45) is 0 Å². The molecular formula is C25H22ClN3O2S. The van der Waals surface area contributed by atoms with Gasteiger partial charge >= 0.3 is 0 Å². The smallest absolute Gasteiger partial charge is 0.234 e. The molecule has 0 saturated heterocycles. The highest BCUT2D eigenvalue weighted by Crippen LogP contribution is 2.44. The number of carbonyl (C=O) groups excluding carboxylic acids is 2. The van der Waals surface area contributed by atoms with Gasteiger partial charge in [0.25, 0.3) is 0 Å². The second-order valence-electron chi connectivity index (χ2n) is 7.78. The van der Waals surface area contributed by atoms with Crippen LogP contribution in [0.25, 0.3) is 0 Å². The van der Waals surface area contributed by atoms with E-state index < -0.39 is 5.92 Å². The summed E-state index contributed by atoms with van der Waals surface area (Å²) in [4.78, 5) is 25.4. The van der Waals surface area contributed by atoms with Gasteiger partial charge < -0.3 is 10.6 Å². The zero-order valence-electron chi connectivity index (χ0n) is 17.6. The number of rotatable bonds is 5. The second kappa shape index (κ2) is 9.64. The zero-order chi connectivity index (χ0) is 22.7. The fourth-order valence-electron chi connectivity index (χ4n) is 4.06. The third-order valence-corrected chi connectivity index (χ3v) is 6.90. The van der Waals surface area contributed by atoms with Crippen LogP contribution in [0.3, 0.4) is 0 Å². The monoisotopic (exact) mass is 463 g/mol. The van der Waals surface area contributed by atoms with Crippen LogP contribution >= 0.6 is 23.4 Å². The van der Waals surface area contributed by atoms with Gasteiger partial charge in [0.2, 0.25) is 5.91 Å². The number of aryl methyl sites for hydroxylation is 1. The number of dihydropyridines is 1. The largest absolute Gasteiger partial charge is 0.352 e. The van der Waals surface area contributed by atoms with E-state index >= 15 is 0 Å². The minimum absolute atomic E-state index is 0.0628. The molecule has 0 fully saturated rings. The van der Waals surface area contributed by atoms with Crippen LogP contribution in [0.15, 0.2) is 70.4 Å². The Morgan fingerprint density at radius 2 is 1.97 bits per heavy atom. The lowest BCUT2D eigenvalue weighted by Crippen LogP contribution is -2.31. The molecule has 1 atom stereocenters. The molecule has 0 spiro atoms. The summed E-state index contributed by atoms with van der Waals surface area (Å²) >= 11 is 7.35. The van der Waals surface area contributed by atoms with Crippen LogP contribution in [0.2, 0.25) is 5.02 Å². The van der Waals surface area contributed by atoms with Gasteiger partial charge in [-0.1, -0.05) is 53.7 Å². The molecule has 2 aromatic carbocycles. The average Bonchev–Trinajstić information content (AvgIpc) is 2.79. The lowest BCUT2D eigenvalue weighted by Gasteiger charge is -2.33. The first-order chi connectivity index (χ1) is 15.5. The molecule has 1 aliphatic heterocycles. The summed E-state index contributed by atoms with van der Waals surface area (Å²) in [6.07, 6.45) is 1.99. The number of carbonyl (C=O) groups is 2. The summed E-state index contributed by atoms with van der Waals surface area (Å²) in [5, 5.41) is 17.5. The van der Waals surface area contributed by atoms with Crippen molar-refractivity contribution < 1.29 is 9.59 Å². The maximum absolute atomic E-state index is 12.8. The molecule has 1 aliphatic carbocycles. The Morgan fingerprint density at radius 1 is 1.22 bits per heavy atom. The van der Waals surface area contributed by atoms with E-state index in [2.05, 4.69) is 16.7 Å². The van der Waals surface area contributed by atoms with Gasteiger partial charge in [0.15, 0.2) is 5.78 Å². The Labute approximate surface area is 196 Å². The molecule has 162 valence electrons. The highest BCUT2D eigenvalue weighted by molar-refractivity contribution is 8.03. The molecule has 5 nitrogen and oxygen atoms in total. The van der Waals surface area contributed by atoms with Crippen molar-refractivity contribution in [3.05, 3.63) is 86.6 Å². The van der Waals surface area contributed by atoms with Crippen molar-refractivity contribution in [3.63, 3.8) is 0 Å². The molecule has 0 bridgehead atoms. The van der Waals surface area contributed by atoms with Gasteiger partial charge in [-0.05, 0) is 49.1 Å². The molecule has 1 amide bonds. The predicted octanol–water partition coefficient (Wildman–Crippen LogP) is 5.45. The third-order valence-electron chi connectivity index (χ3n) is 5.63. The average molecular weight is 464 g/mol. The predicted molar refractivity (Wildman–Crippen MR) is 128 cm³/mol. The number of nitrogens with zero attached hydrogens (tertiary/aromatic N) is 1. The summed E-state index contributed by atoms with van der Waals surface area (Å²) in [6.45, 7) is 1.94. The summed E-state index contributed by atoms with van der Waals surface area (Å²) in [5.41, 5.74) is 4.56. The van der Waals surface area contributed by atoms with Crippen LogP contribution in [0.5, 0.6) is 0 Å². The van der Waals surface area contributed by atoms with Crippen molar-refractivity contribution in [3.8, 4) is 6.07 Å². The standard InChI is InChI=1S/C25H22ClN3O2S/c1-15-5-2-3-6-19(15)28-22(31)14-32-25-18(13-27)23(16-9-11-17(26)12-10-16)24-20(29-25)7-4-8-21(24)30/h2-3,5-6,9-12,23,29H,4,7-8,14H2,1H3,(H,28,31)/t23-/m1/s1. The molecule has 0 unspecified atom stereocenters. The van der Waals surface area contributed by atoms with Crippen LogP contribution < -0.4 is 10.6 Å². The van der Waals surface area contributed by atoms with E-state index in [9.17, 15) is 14.9 Å². The van der Waals surface area contributed by atoms with Crippen LogP contribution in [0.4, 0.5) is 5.69 Å². The van der Waals surface area contributed by atoms with E-state index in [0.29, 0.717) is 27.6 Å². The Kier molecular flexibility index (Phi) is 6.69. The molecule has 2 N–H and O–H groups in total. The first-order valence-electron chi connectivity index (χ1n) is 10.4. The third kappa shape index (κ3) is 4.59. The number of halogens is 1. The number of benzene rings is 2. The summed E-state index contributed by atoms with van der Waals surface area (Å²) in [7, 11) is 0. The van der Waals surface area contributed by atoms with Gasteiger partial charge in [0.1, 0.15) is 0 Å². The topological polar surface area (TPSA) is 82.0 Å². The number of nitriles is 1. The summed E-state index contributed by atoms with van der Waals surface area (Å²) in [5.74, 6) is -0.402. The van der Waals surface area contributed by atoms with Crippen molar-refractivity contribution in [2.75, 3.05) is 11.1 Å². The number of allylic oxidation sites excluding steroid dienone is 3. The number of thioether (sulfide) groups is 1. The second-order valence-corrected chi connectivity index (χ2v) is 9.21. The van der Waals surface area contributed by atoms with Crippen LogP contribution in [-0.2, 0) is 9.59 Å². The first kappa shape index (κ1) is 22.2.